The highest BCUT2D eigenvalue weighted by Gasteiger charge is 2.45. The molecule has 1 fully saturated rings. The van der Waals surface area contributed by atoms with Crippen LogP contribution in [0.25, 0.3) is 11.5 Å². The van der Waals surface area contributed by atoms with Crippen LogP contribution in [0, 0.1) is 0 Å². The molecular formula is C16H13ClN5O. The second kappa shape index (κ2) is 5.72. The molecular weight excluding hydrogens is 314 g/mol. The van der Waals surface area contributed by atoms with Crippen molar-refractivity contribution in [1.82, 2.24) is 25.5 Å². The van der Waals surface area contributed by atoms with E-state index >= 15 is 0 Å². The van der Waals surface area contributed by atoms with E-state index in [2.05, 4.69) is 20.2 Å². The molecule has 4 heterocycles. The van der Waals surface area contributed by atoms with Gasteiger partial charge in [-0.25, -0.2) is 10.3 Å². The van der Waals surface area contributed by atoms with Crippen LogP contribution in [0.5, 0.6) is 0 Å². The van der Waals surface area contributed by atoms with Gasteiger partial charge in [-0.1, -0.05) is 17.7 Å². The lowest BCUT2D eigenvalue weighted by atomic mass is 9.89. The highest BCUT2D eigenvalue weighted by Crippen LogP contribution is 2.41. The molecule has 1 aliphatic heterocycles. The largest absolute Gasteiger partial charge is 0.418 e. The number of hydrogen-bond acceptors (Lipinski definition) is 5. The van der Waals surface area contributed by atoms with Crippen LogP contribution in [-0.4, -0.2) is 26.7 Å². The molecule has 0 aliphatic carbocycles. The molecule has 1 aliphatic rings. The zero-order valence-corrected chi connectivity index (χ0v) is 12.9. The molecule has 115 valence electrons. The van der Waals surface area contributed by atoms with Crippen LogP contribution >= 0.6 is 11.6 Å². The van der Waals surface area contributed by atoms with Crippen LogP contribution in [0.2, 0.25) is 5.15 Å². The third kappa shape index (κ3) is 2.40. The number of rotatable bonds is 3. The van der Waals surface area contributed by atoms with Gasteiger partial charge in [-0.15, -0.1) is 10.2 Å². The normalized spacial score (nSPS) is 20.7. The topological polar surface area (TPSA) is 78.8 Å². The number of pyridine rings is 2. The predicted octanol–water partition coefficient (Wildman–Crippen LogP) is 2.82. The summed E-state index contributed by atoms with van der Waals surface area (Å²) in [7, 11) is 0. The first kappa shape index (κ1) is 14.3. The maximum atomic E-state index is 6.30. The second-order valence-corrected chi connectivity index (χ2v) is 5.69. The van der Waals surface area contributed by atoms with Gasteiger partial charge in [-0.05, 0) is 31.0 Å². The second-order valence-electron chi connectivity index (χ2n) is 5.34. The van der Waals surface area contributed by atoms with E-state index in [1.165, 1.54) is 0 Å². The van der Waals surface area contributed by atoms with Gasteiger partial charge in [0.2, 0.25) is 11.8 Å². The molecule has 1 atom stereocenters. The van der Waals surface area contributed by atoms with E-state index < -0.39 is 5.54 Å². The number of hydrogen-bond donors (Lipinski definition) is 0. The summed E-state index contributed by atoms with van der Waals surface area (Å²) in [6.45, 7) is 0.734. The Morgan fingerprint density at radius 1 is 1.09 bits per heavy atom. The molecule has 3 aromatic rings. The van der Waals surface area contributed by atoms with Crippen molar-refractivity contribution in [2.24, 2.45) is 0 Å². The fourth-order valence-electron chi connectivity index (χ4n) is 2.89. The first-order chi connectivity index (χ1) is 11.3. The summed E-state index contributed by atoms with van der Waals surface area (Å²) in [4.78, 5) is 8.16. The van der Waals surface area contributed by atoms with Gasteiger partial charge in [0.05, 0.1) is 0 Å². The minimum absolute atomic E-state index is 0.418. The Bertz CT molecular complexity index is 814. The van der Waals surface area contributed by atoms with Gasteiger partial charge in [0.1, 0.15) is 10.7 Å². The van der Waals surface area contributed by atoms with Crippen LogP contribution in [0.3, 0.4) is 0 Å². The van der Waals surface area contributed by atoms with Gasteiger partial charge in [0.25, 0.3) is 0 Å². The molecule has 4 rings (SSSR count). The van der Waals surface area contributed by atoms with Crippen molar-refractivity contribution in [2.45, 2.75) is 18.4 Å². The molecule has 23 heavy (non-hydrogen) atoms. The van der Waals surface area contributed by atoms with Gasteiger partial charge in [0, 0.05) is 36.3 Å². The van der Waals surface area contributed by atoms with E-state index in [-0.39, 0.29) is 0 Å². The molecule has 1 unspecified atom stereocenters. The van der Waals surface area contributed by atoms with Crippen molar-refractivity contribution >= 4 is 11.6 Å². The monoisotopic (exact) mass is 326 g/mol. The third-order valence-corrected chi connectivity index (χ3v) is 4.29. The molecule has 0 amide bonds. The smallest absolute Gasteiger partial charge is 0.247 e. The Morgan fingerprint density at radius 2 is 1.96 bits per heavy atom. The molecule has 0 saturated carbocycles. The molecule has 0 bridgehead atoms. The van der Waals surface area contributed by atoms with Crippen molar-refractivity contribution in [2.75, 3.05) is 6.54 Å². The van der Waals surface area contributed by atoms with E-state index in [1.54, 1.807) is 18.6 Å². The predicted molar refractivity (Wildman–Crippen MR) is 83.8 cm³/mol. The molecule has 6 nitrogen and oxygen atoms in total. The summed E-state index contributed by atoms with van der Waals surface area (Å²) in [6.07, 6.45) is 6.75. The molecule has 0 spiro atoms. The summed E-state index contributed by atoms with van der Waals surface area (Å²) in [5.74, 6) is 0.903. The van der Waals surface area contributed by atoms with Crippen LogP contribution in [0.1, 0.15) is 24.3 Å². The molecule has 1 radical (unpaired) electrons. The van der Waals surface area contributed by atoms with E-state index in [1.807, 2.05) is 24.3 Å². The lowest BCUT2D eigenvalue weighted by Crippen LogP contribution is -2.34. The average molecular weight is 327 g/mol. The first-order valence-electron chi connectivity index (χ1n) is 7.34. The quantitative estimate of drug-likeness (QED) is 0.691. The van der Waals surface area contributed by atoms with Crippen molar-refractivity contribution in [3.05, 3.63) is 59.5 Å². The summed E-state index contributed by atoms with van der Waals surface area (Å²) in [5, 5.41) is 13.6. The van der Waals surface area contributed by atoms with Crippen LogP contribution in [0.15, 0.2) is 47.3 Å². The zero-order chi connectivity index (χ0) is 15.7. The molecule has 1 saturated heterocycles. The maximum Gasteiger partial charge on any atom is 0.247 e. The molecule has 0 aromatic carbocycles. The summed E-state index contributed by atoms with van der Waals surface area (Å²) in [5.41, 5.74) is 0.928. The Balaban J connectivity index is 1.81. The van der Waals surface area contributed by atoms with Crippen LogP contribution in [-0.2, 0) is 5.54 Å². The fraction of sp³-hybridized carbons (Fsp3) is 0.250. The highest BCUT2D eigenvalue weighted by atomic mass is 35.5. The van der Waals surface area contributed by atoms with E-state index in [4.69, 9.17) is 21.3 Å². The minimum Gasteiger partial charge on any atom is -0.418 e. The zero-order valence-electron chi connectivity index (χ0n) is 12.2. The average Bonchev–Trinajstić information content (AvgIpc) is 3.26. The van der Waals surface area contributed by atoms with E-state index in [9.17, 15) is 0 Å². The molecule has 0 N–H and O–H groups in total. The third-order valence-electron chi connectivity index (χ3n) is 3.99. The van der Waals surface area contributed by atoms with Gasteiger partial charge in [-0.2, -0.15) is 0 Å². The van der Waals surface area contributed by atoms with E-state index in [0.717, 1.165) is 30.5 Å². The van der Waals surface area contributed by atoms with Crippen LogP contribution in [0.4, 0.5) is 0 Å². The Morgan fingerprint density at radius 3 is 2.70 bits per heavy atom. The Kier molecular flexibility index (Phi) is 3.55. The SMILES string of the molecule is Clc1ncccc1C1(c2nnc(-c3ccncc3)o2)CCC[N]1. The summed E-state index contributed by atoms with van der Waals surface area (Å²) < 4.78 is 5.94. The van der Waals surface area contributed by atoms with Gasteiger partial charge < -0.3 is 4.42 Å². The van der Waals surface area contributed by atoms with Crippen molar-refractivity contribution in [3.63, 3.8) is 0 Å². The minimum atomic E-state index is -0.705. The van der Waals surface area contributed by atoms with Crippen LogP contribution < -0.4 is 5.32 Å². The molecule has 7 heteroatoms. The highest BCUT2D eigenvalue weighted by molar-refractivity contribution is 6.30. The Labute approximate surface area is 137 Å². The van der Waals surface area contributed by atoms with Crippen molar-refractivity contribution < 1.29 is 4.42 Å². The summed E-state index contributed by atoms with van der Waals surface area (Å²) in [6, 6.07) is 7.41. The number of aromatic nitrogens is 4. The number of nitrogens with zero attached hydrogens (tertiary/aromatic N) is 5. The van der Waals surface area contributed by atoms with Gasteiger partial charge in [0.15, 0.2) is 0 Å². The van der Waals surface area contributed by atoms with Gasteiger partial charge in [-0.3, -0.25) is 4.98 Å². The lowest BCUT2D eigenvalue weighted by Gasteiger charge is -2.24. The van der Waals surface area contributed by atoms with Crippen molar-refractivity contribution in [3.8, 4) is 11.5 Å². The maximum absolute atomic E-state index is 6.30. The molecule has 3 aromatic heterocycles. The fourth-order valence-corrected chi connectivity index (χ4v) is 3.17. The van der Waals surface area contributed by atoms with E-state index in [0.29, 0.717) is 16.9 Å². The number of halogens is 1. The lowest BCUT2D eigenvalue weighted by molar-refractivity contribution is 0.344. The van der Waals surface area contributed by atoms with Gasteiger partial charge >= 0.3 is 0 Å². The standard InChI is InChI=1S/C16H13ClN5O/c17-13-12(3-1-7-19-13)16(6-2-8-20-16)15-22-21-14(23-15)11-4-9-18-10-5-11/h1,3-5,7,9-10H,2,6,8H2. The first-order valence-corrected chi connectivity index (χ1v) is 7.71. The Hall–Kier alpha value is -2.31. The van der Waals surface area contributed by atoms with Crippen molar-refractivity contribution in [1.29, 1.82) is 0 Å². The summed E-state index contributed by atoms with van der Waals surface area (Å²) >= 11 is 6.30.